The lowest BCUT2D eigenvalue weighted by Gasteiger charge is -2.08. The first-order chi connectivity index (χ1) is 11.5. The Morgan fingerprint density at radius 1 is 1.42 bits per heavy atom. The molecule has 3 aromatic rings. The molecule has 0 atom stereocenters. The number of hydrogen-bond acceptors (Lipinski definition) is 5. The molecule has 2 heterocycles. The van der Waals surface area contributed by atoms with Gasteiger partial charge in [0.25, 0.3) is 5.56 Å². The standard InChI is InChI=1S/C16H14ClN3O2S2/c1-10-2-3-11(17)6-13(10)19-14(21)9-23-8-12-7-15(22)20-4-5-24-16(20)18-12/h2-7H,8-9H2,1H3,(H,19,21). The van der Waals surface area contributed by atoms with Gasteiger partial charge in [0.05, 0.1) is 11.4 Å². The Kier molecular flexibility index (Phi) is 5.23. The van der Waals surface area contributed by atoms with E-state index in [1.54, 1.807) is 18.3 Å². The number of anilines is 1. The topological polar surface area (TPSA) is 63.5 Å². The molecule has 0 saturated heterocycles. The summed E-state index contributed by atoms with van der Waals surface area (Å²) in [6.45, 7) is 1.91. The maximum atomic E-state index is 12.0. The first-order valence-electron chi connectivity index (χ1n) is 7.12. The summed E-state index contributed by atoms with van der Waals surface area (Å²) in [6.07, 6.45) is 1.70. The van der Waals surface area contributed by atoms with Crippen LogP contribution in [0.15, 0.2) is 40.6 Å². The average molecular weight is 380 g/mol. The number of thiazole rings is 1. The van der Waals surface area contributed by atoms with E-state index in [-0.39, 0.29) is 17.2 Å². The highest BCUT2D eigenvalue weighted by molar-refractivity contribution is 7.99. The molecule has 1 N–H and O–H groups in total. The molecule has 0 spiro atoms. The van der Waals surface area contributed by atoms with Gasteiger partial charge in [0, 0.05) is 34.1 Å². The molecule has 0 aliphatic rings. The predicted molar refractivity (Wildman–Crippen MR) is 100 cm³/mol. The number of halogens is 1. The Morgan fingerprint density at radius 2 is 2.25 bits per heavy atom. The summed E-state index contributed by atoms with van der Waals surface area (Å²) in [6, 6.07) is 6.88. The van der Waals surface area contributed by atoms with Gasteiger partial charge in [-0.15, -0.1) is 23.1 Å². The van der Waals surface area contributed by atoms with Crippen LogP contribution in [0.5, 0.6) is 0 Å². The fraction of sp³-hybridized carbons (Fsp3) is 0.188. The highest BCUT2D eigenvalue weighted by Gasteiger charge is 2.08. The fourth-order valence-corrected chi connectivity index (χ4v) is 3.75. The second-order valence-corrected chi connectivity index (χ2v) is 7.44. The summed E-state index contributed by atoms with van der Waals surface area (Å²) < 4.78 is 1.51. The third-order valence-electron chi connectivity index (χ3n) is 3.31. The Balaban J connectivity index is 1.58. The van der Waals surface area contributed by atoms with Gasteiger partial charge in [0.15, 0.2) is 4.96 Å². The molecular formula is C16H14ClN3O2S2. The molecule has 0 radical (unpaired) electrons. The summed E-state index contributed by atoms with van der Waals surface area (Å²) in [5, 5.41) is 5.25. The van der Waals surface area contributed by atoms with E-state index in [1.807, 2.05) is 18.4 Å². The first-order valence-corrected chi connectivity index (χ1v) is 9.54. The van der Waals surface area contributed by atoms with E-state index in [9.17, 15) is 9.59 Å². The quantitative estimate of drug-likeness (QED) is 0.735. The summed E-state index contributed by atoms with van der Waals surface area (Å²) in [5.41, 5.74) is 2.25. The van der Waals surface area contributed by atoms with Crippen LogP contribution in [-0.4, -0.2) is 21.0 Å². The van der Waals surface area contributed by atoms with Crippen LogP contribution in [0.4, 0.5) is 5.69 Å². The van der Waals surface area contributed by atoms with E-state index in [1.165, 1.54) is 33.6 Å². The minimum Gasteiger partial charge on any atom is -0.325 e. The molecule has 1 aromatic carbocycles. The van der Waals surface area contributed by atoms with Crippen molar-refractivity contribution in [1.29, 1.82) is 0 Å². The highest BCUT2D eigenvalue weighted by Crippen LogP contribution is 2.20. The lowest BCUT2D eigenvalue weighted by atomic mass is 10.2. The van der Waals surface area contributed by atoms with Crippen LogP contribution < -0.4 is 10.9 Å². The number of nitrogens with one attached hydrogen (secondary N) is 1. The maximum absolute atomic E-state index is 12.0. The second kappa shape index (κ2) is 7.38. The molecule has 24 heavy (non-hydrogen) atoms. The normalized spacial score (nSPS) is 10.9. The van der Waals surface area contributed by atoms with Gasteiger partial charge < -0.3 is 5.32 Å². The Labute approximate surface area is 151 Å². The Morgan fingerprint density at radius 3 is 3.08 bits per heavy atom. The van der Waals surface area contributed by atoms with Crippen LogP contribution in [0.1, 0.15) is 11.3 Å². The zero-order chi connectivity index (χ0) is 17.1. The molecule has 124 valence electrons. The van der Waals surface area contributed by atoms with Crippen LogP contribution >= 0.6 is 34.7 Å². The van der Waals surface area contributed by atoms with E-state index < -0.39 is 0 Å². The van der Waals surface area contributed by atoms with Crippen LogP contribution in [0.2, 0.25) is 5.02 Å². The summed E-state index contributed by atoms with van der Waals surface area (Å²) >= 11 is 8.77. The molecule has 2 aromatic heterocycles. The van der Waals surface area contributed by atoms with Gasteiger partial charge in [-0.25, -0.2) is 4.98 Å². The van der Waals surface area contributed by atoms with Gasteiger partial charge in [-0.2, -0.15) is 0 Å². The maximum Gasteiger partial charge on any atom is 0.258 e. The third kappa shape index (κ3) is 3.98. The minimum atomic E-state index is -0.112. The number of rotatable bonds is 5. The van der Waals surface area contributed by atoms with E-state index in [0.29, 0.717) is 27.1 Å². The highest BCUT2D eigenvalue weighted by atomic mass is 35.5. The number of carbonyl (C=O) groups is 1. The van der Waals surface area contributed by atoms with Crippen molar-refractivity contribution in [1.82, 2.24) is 9.38 Å². The molecule has 1 amide bonds. The number of thioether (sulfide) groups is 1. The van der Waals surface area contributed by atoms with Gasteiger partial charge in [0.1, 0.15) is 0 Å². The smallest absolute Gasteiger partial charge is 0.258 e. The van der Waals surface area contributed by atoms with Crippen molar-refractivity contribution in [3.05, 3.63) is 62.5 Å². The molecule has 5 nitrogen and oxygen atoms in total. The summed E-state index contributed by atoms with van der Waals surface area (Å²) in [5.74, 6) is 0.669. The molecule has 0 saturated carbocycles. The minimum absolute atomic E-state index is 0.101. The van der Waals surface area contributed by atoms with E-state index in [4.69, 9.17) is 11.6 Å². The largest absolute Gasteiger partial charge is 0.325 e. The SMILES string of the molecule is Cc1ccc(Cl)cc1NC(=O)CSCc1cc(=O)n2ccsc2n1. The molecule has 0 aliphatic heterocycles. The molecular weight excluding hydrogens is 366 g/mol. The fourth-order valence-electron chi connectivity index (χ4n) is 2.13. The number of benzene rings is 1. The van der Waals surface area contributed by atoms with Crippen molar-refractivity contribution in [2.24, 2.45) is 0 Å². The Bertz CT molecular complexity index is 952. The zero-order valence-corrected chi connectivity index (χ0v) is 15.2. The van der Waals surface area contributed by atoms with Crippen molar-refractivity contribution < 1.29 is 4.79 Å². The van der Waals surface area contributed by atoms with E-state index in [0.717, 1.165) is 5.56 Å². The number of amides is 1. The zero-order valence-electron chi connectivity index (χ0n) is 12.8. The lowest BCUT2D eigenvalue weighted by Crippen LogP contribution is -2.16. The summed E-state index contributed by atoms with van der Waals surface area (Å²) in [4.78, 5) is 29.0. The first kappa shape index (κ1) is 17.0. The van der Waals surface area contributed by atoms with E-state index in [2.05, 4.69) is 10.3 Å². The van der Waals surface area contributed by atoms with Gasteiger partial charge in [-0.05, 0) is 24.6 Å². The third-order valence-corrected chi connectivity index (χ3v) is 5.27. The average Bonchev–Trinajstić information content (AvgIpc) is 3.00. The molecule has 0 fully saturated rings. The number of carbonyl (C=O) groups excluding carboxylic acids is 1. The van der Waals surface area contributed by atoms with Crippen molar-refractivity contribution in [2.75, 3.05) is 11.1 Å². The second-order valence-electron chi connectivity index (χ2n) is 5.14. The van der Waals surface area contributed by atoms with Crippen LogP contribution in [0.3, 0.4) is 0 Å². The number of nitrogens with zero attached hydrogens (tertiary/aromatic N) is 2. The van der Waals surface area contributed by atoms with Crippen LogP contribution in [0.25, 0.3) is 4.96 Å². The number of aromatic nitrogens is 2. The van der Waals surface area contributed by atoms with Gasteiger partial charge in [-0.1, -0.05) is 17.7 Å². The van der Waals surface area contributed by atoms with Gasteiger partial charge in [-0.3, -0.25) is 14.0 Å². The van der Waals surface area contributed by atoms with Crippen molar-refractivity contribution in [3.8, 4) is 0 Å². The van der Waals surface area contributed by atoms with Crippen molar-refractivity contribution >= 4 is 51.3 Å². The van der Waals surface area contributed by atoms with Gasteiger partial charge in [0.2, 0.25) is 5.91 Å². The molecule has 0 unspecified atom stereocenters. The monoisotopic (exact) mass is 379 g/mol. The number of fused-ring (bicyclic) bond motifs is 1. The van der Waals surface area contributed by atoms with E-state index >= 15 is 0 Å². The lowest BCUT2D eigenvalue weighted by molar-refractivity contribution is -0.113. The number of hydrogen-bond donors (Lipinski definition) is 1. The Hall–Kier alpha value is -1.83. The molecule has 3 rings (SSSR count). The molecule has 8 heteroatoms. The van der Waals surface area contributed by atoms with Crippen LogP contribution in [-0.2, 0) is 10.5 Å². The number of aryl methyl sites for hydroxylation is 1. The van der Waals surface area contributed by atoms with Crippen molar-refractivity contribution in [3.63, 3.8) is 0 Å². The molecule has 0 aliphatic carbocycles. The predicted octanol–water partition coefficient (Wildman–Crippen LogP) is 3.59. The van der Waals surface area contributed by atoms with Crippen molar-refractivity contribution in [2.45, 2.75) is 12.7 Å². The summed E-state index contributed by atoms with van der Waals surface area (Å²) in [7, 11) is 0. The molecule has 0 bridgehead atoms. The van der Waals surface area contributed by atoms with Gasteiger partial charge >= 0.3 is 0 Å². The van der Waals surface area contributed by atoms with Crippen LogP contribution in [0, 0.1) is 6.92 Å².